The number of halogens is 1. The van der Waals surface area contributed by atoms with E-state index >= 15 is 0 Å². The molecule has 0 spiro atoms. The van der Waals surface area contributed by atoms with E-state index in [9.17, 15) is 4.79 Å². The molecule has 4 nitrogen and oxygen atoms in total. The maximum Gasteiger partial charge on any atom is 0.224 e. The SMILES string of the molecule is CCCC1CCCCN1C(=O)CC1COCCN1.Cl. The predicted molar refractivity (Wildman–Crippen MR) is 78.7 cm³/mol. The van der Waals surface area contributed by atoms with Crippen LogP contribution in [0.15, 0.2) is 0 Å². The molecule has 2 fully saturated rings. The summed E-state index contributed by atoms with van der Waals surface area (Å²) in [6.45, 7) is 5.48. The molecule has 2 atom stereocenters. The van der Waals surface area contributed by atoms with Gasteiger partial charge in [-0.3, -0.25) is 4.79 Å². The Kier molecular flexibility index (Phi) is 7.73. The topological polar surface area (TPSA) is 41.6 Å². The minimum absolute atomic E-state index is 0. The fourth-order valence-corrected chi connectivity index (χ4v) is 3.04. The van der Waals surface area contributed by atoms with Crippen molar-refractivity contribution in [2.75, 3.05) is 26.3 Å². The number of hydrogen-bond acceptors (Lipinski definition) is 3. The van der Waals surface area contributed by atoms with Gasteiger partial charge in [0, 0.05) is 31.6 Å². The summed E-state index contributed by atoms with van der Waals surface area (Å²) < 4.78 is 5.41. The molecule has 2 heterocycles. The molecule has 19 heavy (non-hydrogen) atoms. The molecule has 112 valence electrons. The van der Waals surface area contributed by atoms with Crippen molar-refractivity contribution < 1.29 is 9.53 Å². The quantitative estimate of drug-likeness (QED) is 0.861. The van der Waals surface area contributed by atoms with Crippen LogP contribution < -0.4 is 5.32 Å². The molecular weight excluding hydrogens is 264 g/mol. The lowest BCUT2D eigenvalue weighted by Crippen LogP contribution is -2.48. The number of carbonyl (C=O) groups is 1. The number of likely N-dealkylation sites (tertiary alicyclic amines) is 1. The Bertz CT molecular complexity index is 268. The summed E-state index contributed by atoms with van der Waals surface area (Å²) in [5.41, 5.74) is 0. The molecule has 2 aliphatic rings. The summed E-state index contributed by atoms with van der Waals surface area (Å²) in [7, 11) is 0. The molecule has 0 aromatic rings. The Labute approximate surface area is 122 Å². The van der Waals surface area contributed by atoms with E-state index in [0.717, 1.165) is 26.1 Å². The van der Waals surface area contributed by atoms with Crippen molar-refractivity contribution in [1.29, 1.82) is 0 Å². The Balaban J connectivity index is 0.00000180. The molecule has 2 unspecified atom stereocenters. The van der Waals surface area contributed by atoms with Gasteiger partial charge in [0.05, 0.1) is 13.2 Å². The van der Waals surface area contributed by atoms with E-state index in [0.29, 0.717) is 25.0 Å². The van der Waals surface area contributed by atoms with Crippen LogP contribution in [0.5, 0.6) is 0 Å². The van der Waals surface area contributed by atoms with Gasteiger partial charge in [-0.2, -0.15) is 0 Å². The van der Waals surface area contributed by atoms with Crippen LogP contribution in [0, 0.1) is 0 Å². The predicted octanol–water partition coefficient (Wildman–Crippen LogP) is 1.97. The fraction of sp³-hybridized carbons (Fsp3) is 0.929. The lowest BCUT2D eigenvalue weighted by molar-refractivity contribution is -0.136. The number of nitrogens with one attached hydrogen (secondary N) is 1. The van der Waals surface area contributed by atoms with E-state index in [1.54, 1.807) is 0 Å². The summed E-state index contributed by atoms with van der Waals surface area (Å²) in [5, 5.41) is 3.36. The smallest absolute Gasteiger partial charge is 0.224 e. The Morgan fingerprint density at radius 2 is 2.26 bits per heavy atom. The third-order valence-electron chi connectivity index (χ3n) is 3.99. The highest BCUT2D eigenvalue weighted by Crippen LogP contribution is 2.22. The first-order valence-corrected chi connectivity index (χ1v) is 7.42. The zero-order chi connectivity index (χ0) is 12.8. The molecule has 0 aromatic carbocycles. The van der Waals surface area contributed by atoms with Crippen molar-refractivity contribution >= 4 is 18.3 Å². The molecule has 0 bridgehead atoms. The van der Waals surface area contributed by atoms with Gasteiger partial charge in [0.1, 0.15) is 0 Å². The van der Waals surface area contributed by atoms with Crippen LogP contribution in [0.2, 0.25) is 0 Å². The average Bonchev–Trinajstić information content (AvgIpc) is 2.41. The molecule has 5 heteroatoms. The second kappa shape index (κ2) is 8.77. The minimum Gasteiger partial charge on any atom is -0.378 e. The first-order valence-electron chi connectivity index (χ1n) is 7.42. The highest BCUT2D eigenvalue weighted by atomic mass is 35.5. The van der Waals surface area contributed by atoms with E-state index in [-0.39, 0.29) is 18.4 Å². The number of ether oxygens (including phenoxy) is 1. The number of morpholine rings is 1. The second-order valence-corrected chi connectivity index (χ2v) is 5.46. The summed E-state index contributed by atoms with van der Waals surface area (Å²) in [4.78, 5) is 14.5. The van der Waals surface area contributed by atoms with Gasteiger partial charge in [0.2, 0.25) is 5.91 Å². The van der Waals surface area contributed by atoms with Crippen molar-refractivity contribution in [3.63, 3.8) is 0 Å². The lowest BCUT2D eigenvalue weighted by Gasteiger charge is -2.37. The molecule has 0 saturated carbocycles. The first kappa shape index (κ1) is 16.7. The van der Waals surface area contributed by atoms with Gasteiger partial charge in [-0.05, 0) is 25.7 Å². The monoisotopic (exact) mass is 290 g/mol. The van der Waals surface area contributed by atoms with Crippen LogP contribution in [0.3, 0.4) is 0 Å². The number of amides is 1. The molecule has 0 aliphatic carbocycles. The van der Waals surface area contributed by atoms with Crippen LogP contribution in [-0.2, 0) is 9.53 Å². The van der Waals surface area contributed by atoms with Crippen LogP contribution in [0.1, 0.15) is 45.4 Å². The van der Waals surface area contributed by atoms with Gasteiger partial charge in [-0.15, -0.1) is 12.4 Å². The Morgan fingerprint density at radius 1 is 1.42 bits per heavy atom. The van der Waals surface area contributed by atoms with Crippen molar-refractivity contribution in [3.8, 4) is 0 Å². The normalized spacial score (nSPS) is 27.7. The number of hydrogen-bond donors (Lipinski definition) is 1. The van der Waals surface area contributed by atoms with Gasteiger partial charge < -0.3 is 15.0 Å². The summed E-state index contributed by atoms with van der Waals surface area (Å²) in [5.74, 6) is 0.316. The highest BCUT2D eigenvalue weighted by Gasteiger charge is 2.28. The van der Waals surface area contributed by atoms with Gasteiger partial charge >= 0.3 is 0 Å². The van der Waals surface area contributed by atoms with Crippen molar-refractivity contribution in [2.24, 2.45) is 0 Å². The minimum atomic E-state index is 0. The van der Waals surface area contributed by atoms with Crippen molar-refractivity contribution in [2.45, 2.75) is 57.5 Å². The first-order chi connectivity index (χ1) is 8.81. The Morgan fingerprint density at radius 3 is 2.95 bits per heavy atom. The van der Waals surface area contributed by atoms with E-state index in [1.165, 1.54) is 25.7 Å². The van der Waals surface area contributed by atoms with Crippen LogP contribution in [-0.4, -0.2) is 49.2 Å². The van der Waals surface area contributed by atoms with E-state index in [4.69, 9.17) is 4.74 Å². The summed E-state index contributed by atoms with van der Waals surface area (Å²) in [6.07, 6.45) is 6.55. The van der Waals surface area contributed by atoms with Crippen molar-refractivity contribution in [3.05, 3.63) is 0 Å². The number of piperidine rings is 1. The molecule has 1 amide bonds. The van der Waals surface area contributed by atoms with Crippen LogP contribution in [0.25, 0.3) is 0 Å². The number of nitrogens with zero attached hydrogens (tertiary/aromatic N) is 1. The average molecular weight is 291 g/mol. The third kappa shape index (κ3) is 4.93. The van der Waals surface area contributed by atoms with Crippen molar-refractivity contribution in [1.82, 2.24) is 10.2 Å². The molecule has 0 radical (unpaired) electrons. The zero-order valence-electron chi connectivity index (χ0n) is 11.9. The maximum atomic E-state index is 12.4. The largest absolute Gasteiger partial charge is 0.378 e. The molecule has 2 rings (SSSR count). The van der Waals surface area contributed by atoms with E-state index in [1.807, 2.05) is 0 Å². The summed E-state index contributed by atoms with van der Waals surface area (Å²) >= 11 is 0. The van der Waals surface area contributed by atoms with Gasteiger partial charge in [0.15, 0.2) is 0 Å². The van der Waals surface area contributed by atoms with Crippen LogP contribution >= 0.6 is 12.4 Å². The summed E-state index contributed by atoms with van der Waals surface area (Å²) in [6, 6.07) is 0.705. The van der Waals surface area contributed by atoms with Gasteiger partial charge in [0.25, 0.3) is 0 Å². The zero-order valence-corrected chi connectivity index (χ0v) is 12.7. The Hall–Kier alpha value is -0.320. The van der Waals surface area contributed by atoms with E-state index in [2.05, 4.69) is 17.1 Å². The van der Waals surface area contributed by atoms with Gasteiger partial charge in [-0.25, -0.2) is 0 Å². The number of rotatable bonds is 4. The molecule has 2 saturated heterocycles. The fourth-order valence-electron chi connectivity index (χ4n) is 3.04. The van der Waals surface area contributed by atoms with Gasteiger partial charge in [-0.1, -0.05) is 13.3 Å². The molecule has 0 aromatic heterocycles. The lowest BCUT2D eigenvalue weighted by atomic mass is 9.97. The maximum absolute atomic E-state index is 12.4. The van der Waals surface area contributed by atoms with Crippen LogP contribution in [0.4, 0.5) is 0 Å². The second-order valence-electron chi connectivity index (χ2n) is 5.46. The third-order valence-corrected chi connectivity index (χ3v) is 3.99. The standard InChI is InChI=1S/C14H26N2O2.ClH/c1-2-5-13-6-3-4-8-16(13)14(17)10-12-11-18-9-7-15-12;/h12-13,15H,2-11H2,1H3;1H. The highest BCUT2D eigenvalue weighted by molar-refractivity contribution is 5.85. The molecule has 1 N–H and O–H groups in total. The van der Waals surface area contributed by atoms with E-state index < -0.39 is 0 Å². The molecular formula is C14H27ClN2O2. The number of carbonyl (C=O) groups excluding carboxylic acids is 1. The molecule has 2 aliphatic heterocycles.